The van der Waals surface area contributed by atoms with Gasteiger partial charge < -0.3 is 14.9 Å². The van der Waals surface area contributed by atoms with Crippen molar-refractivity contribution in [1.82, 2.24) is 20.0 Å². The molecule has 2 aromatic rings. The van der Waals surface area contributed by atoms with E-state index in [0.717, 1.165) is 4.90 Å². The van der Waals surface area contributed by atoms with Gasteiger partial charge >= 0.3 is 5.97 Å². The summed E-state index contributed by atoms with van der Waals surface area (Å²) >= 11 is 0. The lowest BCUT2D eigenvalue weighted by Gasteiger charge is -2.37. The Bertz CT molecular complexity index is 922. The van der Waals surface area contributed by atoms with Crippen molar-refractivity contribution in [2.75, 3.05) is 20.1 Å². The van der Waals surface area contributed by atoms with Crippen LogP contribution in [0.25, 0.3) is 10.8 Å². The average Bonchev–Trinajstić information content (AvgIpc) is 2.59. The highest BCUT2D eigenvalue weighted by molar-refractivity contribution is 5.93. The van der Waals surface area contributed by atoms with Gasteiger partial charge in [-0.25, -0.2) is 9.89 Å². The minimum absolute atomic E-state index is 0.0697. The third-order valence-corrected chi connectivity index (χ3v) is 4.25. The molecule has 9 heteroatoms. The number of carboxylic acids is 1. The minimum Gasteiger partial charge on any atom is -0.480 e. The van der Waals surface area contributed by atoms with Gasteiger partial charge in [0.2, 0.25) is 11.8 Å². The molecule has 1 aliphatic heterocycles. The monoisotopic (exact) mass is 344 g/mol. The molecule has 0 saturated carbocycles. The average molecular weight is 344 g/mol. The van der Waals surface area contributed by atoms with Crippen molar-refractivity contribution < 1.29 is 19.5 Å². The van der Waals surface area contributed by atoms with E-state index in [-0.39, 0.29) is 31.0 Å². The van der Waals surface area contributed by atoms with Crippen molar-refractivity contribution in [3.8, 4) is 0 Å². The number of piperazine rings is 1. The van der Waals surface area contributed by atoms with E-state index < -0.39 is 17.9 Å². The molecular weight excluding hydrogens is 328 g/mol. The number of aromatic amines is 1. The number of hydrogen-bond acceptors (Lipinski definition) is 5. The maximum atomic E-state index is 12.6. The van der Waals surface area contributed by atoms with Crippen molar-refractivity contribution in [1.29, 1.82) is 0 Å². The first-order valence-electron chi connectivity index (χ1n) is 7.61. The molecule has 2 N–H and O–H groups in total. The Balaban J connectivity index is 1.91. The summed E-state index contributed by atoms with van der Waals surface area (Å²) in [6.45, 7) is -0.368. The fraction of sp³-hybridized carbons (Fsp3) is 0.312. The van der Waals surface area contributed by atoms with Crippen LogP contribution in [0.3, 0.4) is 0 Å². The fourth-order valence-electron chi connectivity index (χ4n) is 2.86. The number of H-pyrrole nitrogens is 1. The number of benzene rings is 1. The maximum absolute atomic E-state index is 12.6. The van der Waals surface area contributed by atoms with Gasteiger partial charge in [-0.2, -0.15) is 5.10 Å². The molecule has 25 heavy (non-hydrogen) atoms. The van der Waals surface area contributed by atoms with Crippen LogP contribution >= 0.6 is 0 Å². The highest BCUT2D eigenvalue weighted by atomic mass is 16.4. The van der Waals surface area contributed by atoms with E-state index in [4.69, 9.17) is 0 Å². The van der Waals surface area contributed by atoms with E-state index in [9.17, 15) is 24.3 Å². The Morgan fingerprint density at radius 3 is 2.64 bits per heavy atom. The summed E-state index contributed by atoms with van der Waals surface area (Å²) in [5, 5.41) is 16.5. The summed E-state index contributed by atoms with van der Waals surface area (Å²) in [4.78, 5) is 50.1. The molecule has 0 spiro atoms. The fourth-order valence-corrected chi connectivity index (χ4v) is 2.86. The molecule has 2 heterocycles. The van der Waals surface area contributed by atoms with Gasteiger partial charge in [0.15, 0.2) is 0 Å². The largest absolute Gasteiger partial charge is 0.480 e. The highest BCUT2D eigenvalue weighted by Crippen LogP contribution is 2.16. The van der Waals surface area contributed by atoms with E-state index in [1.807, 2.05) is 0 Å². The molecule has 130 valence electrons. The topological polar surface area (TPSA) is 124 Å². The van der Waals surface area contributed by atoms with Crippen LogP contribution in [-0.2, 0) is 20.8 Å². The predicted octanol–water partition coefficient (Wildman–Crippen LogP) is -0.781. The zero-order valence-corrected chi connectivity index (χ0v) is 13.4. The normalized spacial score (nSPS) is 17.8. The number of carbonyl (C=O) groups excluding carboxylic acids is 2. The molecule has 1 atom stereocenters. The van der Waals surface area contributed by atoms with E-state index in [0.29, 0.717) is 16.5 Å². The summed E-state index contributed by atoms with van der Waals surface area (Å²) in [6.07, 6.45) is -0.210. The lowest BCUT2D eigenvalue weighted by Crippen LogP contribution is -2.59. The SMILES string of the molecule is CN1CC(C(=O)O)N(C(=O)Cc2n[nH]c(=O)c3ccccc23)CC1=O. The smallest absolute Gasteiger partial charge is 0.328 e. The van der Waals surface area contributed by atoms with Crippen LogP contribution in [0.15, 0.2) is 29.1 Å². The summed E-state index contributed by atoms with van der Waals surface area (Å²) in [5.74, 6) is -2.03. The van der Waals surface area contributed by atoms with E-state index in [2.05, 4.69) is 10.2 Å². The minimum atomic E-state index is -1.17. The molecule has 0 radical (unpaired) electrons. The number of carboxylic acid groups (broad SMARTS) is 1. The Labute approximate surface area is 141 Å². The molecule has 1 aromatic carbocycles. The Morgan fingerprint density at radius 1 is 1.28 bits per heavy atom. The van der Waals surface area contributed by atoms with Crippen LogP contribution in [0.1, 0.15) is 5.69 Å². The van der Waals surface area contributed by atoms with Crippen molar-refractivity contribution in [3.05, 3.63) is 40.3 Å². The molecule has 3 rings (SSSR count). The molecule has 1 saturated heterocycles. The summed E-state index contributed by atoms with van der Waals surface area (Å²) in [5.41, 5.74) is -0.0410. The van der Waals surface area contributed by atoms with Crippen molar-refractivity contribution in [2.24, 2.45) is 0 Å². The van der Waals surface area contributed by atoms with Gasteiger partial charge in [-0.1, -0.05) is 18.2 Å². The number of aliphatic carboxylic acids is 1. The van der Waals surface area contributed by atoms with Gasteiger partial charge in [0.1, 0.15) is 12.6 Å². The quantitative estimate of drug-likeness (QED) is 0.753. The van der Waals surface area contributed by atoms with E-state index >= 15 is 0 Å². The van der Waals surface area contributed by atoms with E-state index in [1.165, 1.54) is 11.9 Å². The zero-order chi connectivity index (χ0) is 18.1. The standard InChI is InChI=1S/C16H16N4O5/c1-19-7-12(16(24)25)20(8-14(19)22)13(21)6-11-9-4-2-3-5-10(9)15(23)18-17-11/h2-5,12H,6-8H2,1H3,(H,18,23)(H,24,25). The number of fused-ring (bicyclic) bond motifs is 1. The van der Waals surface area contributed by atoms with Crippen molar-refractivity contribution in [2.45, 2.75) is 12.5 Å². The van der Waals surface area contributed by atoms with Crippen LogP contribution in [0.4, 0.5) is 0 Å². The third-order valence-electron chi connectivity index (χ3n) is 4.25. The van der Waals surface area contributed by atoms with Crippen LogP contribution in [0.2, 0.25) is 0 Å². The van der Waals surface area contributed by atoms with Gasteiger partial charge in [-0.3, -0.25) is 14.4 Å². The number of aromatic nitrogens is 2. The lowest BCUT2D eigenvalue weighted by atomic mass is 10.1. The van der Waals surface area contributed by atoms with Crippen molar-refractivity contribution in [3.63, 3.8) is 0 Å². The van der Waals surface area contributed by atoms with Crippen LogP contribution in [0, 0.1) is 0 Å². The van der Waals surface area contributed by atoms with Gasteiger partial charge in [-0.05, 0) is 6.07 Å². The first kappa shape index (κ1) is 16.6. The molecule has 0 bridgehead atoms. The number of likely N-dealkylation sites (N-methyl/N-ethyl adjacent to an activating group) is 1. The number of amides is 2. The lowest BCUT2D eigenvalue weighted by molar-refractivity contribution is -0.158. The van der Waals surface area contributed by atoms with E-state index in [1.54, 1.807) is 24.3 Å². The molecule has 0 aliphatic carbocycles. The molecular formula is C16H16N4O5. The summed E-state index contributed by atoms with van der Waals surface area (Å²) in [7, 11) is 1.50. The van der Waals surface area contributed by atoms with Crippen molar-refractivity contribution >= 4 is 28.6 Å². The number of carbonyl (C=O) groups is 3. The highest BCUT2D eigenvalue weighted by Gasteiger charge is 2.37. The first-order valence-corrected chi connectivity index (χ1v) is 7.61. The zero-order valence-electron chi connectivity index (χ0n) is 13.4. The van der Waals surface area contributed by atoms with Crippen LogP contribution < -0.4 is 5.56 Å². The molecule has 1 unspecified atom stereocenters. The first-order chi connectivity index (χ1) is 11.9. The second-order valence-electron chi connectivity index (χ2n) is 5.87. The third kappa shape index (κ3) is 3.08. The molecule has 1 aromatic heterocycles. The predicted molar refractivity (Wildman–Crippen MR) is 86.8 cm³/mol. The number of rotatable bonds is 3. The number of nitrogens with one attached hydrogen (secondary N) is 1. The Hall–Kier alpha value is -3.23. The second-order valence-corrected chi connectivity index (χ2v) is 5.87. The van der Waals surface area contributed by atoms with Gasteiger partial charge in [0.05, 0.1) is 24.0 Å². The molecule has 1 fully saturated rings. The van der Waals surface area contributed by atoms with Gasteiger partial charge in [-0.15, -0.1) is 0 Å². The van der Waals surface area contributed by atoms with Crippen LogP contribution in [0.5, 0.6) is 0 Å². The maximum Gasteiger partial charge on any atom is 0.328 e. The second kappa shape index (κ2) is 6.34. The Kier molecular flexibility index (Phi) is 4.22. The molecule has 2 amide bonds. The Morgan fingerprint density at radius 2 is 1.96 bits per heavy atom. The molecule has 9 nitrogen and oxygen atoms in total. The van der Waals surface area contributed by atoms with Gasteiger partial charge in [0.25, 0.3) is 5.56 Å². The summed E-state index contributed by atoms with van der Waals surface area (Å²) in [6, 6.07) is 5.59. The number of hydrogen-bond donors (Lipinski definition) is 2. The summed E-state index contributed by atoms with van der Waals surface area (Å²) < 4.78 is 0. The van der Waals surface area contributed by atoms with Gasteiger partial charge in [0, 0.05) is 12.4 Å². The van der Waals surface area contributed by atoms with Crippen LogP contribution in [-0.4, -0.2) is 69.1 Å². The number of nitrogens with zero attached hydrogens (tertiary/aromatic N) is 3. The molecule has 1 aliphatic rings.